The Labute approximate surface area is 161 Å². The molecule has 0 aromatic rings. The minimum absolute atomic E-state index is 0.102. The van der Waals surface area contributed by atoms with Crippen LogP contribution in [0, 0.1) is 0 Å². The van der Waals surface area contributed by atoms with E-state index in [4.69, 9.17) is 14.2 Å². The molecule has 0 fully saturated rings. The minimum atomic E-state index is -0.847. The number of guanidine groups is 1. The maximum atomic E-state index is 11.9. The van der Waals surface area contributed by atoms with Gasteiger partial charge in [-0.25, -0.2) is 9.59 Å². The molecular weight excluding hydrogens is 350 g/mol. The number of allylic oxidation sites excluding steroid dienone is 3. The summed E-state index contributed by atoms with van der Waals surface area (Å²) in [5.74, 6) is 0.437. The Morgan fingerprint density at radius 2 is 1.63 bits per heavy atom. The molecular formula is C19H31N3O5. The van der Waals surface area contributed by atoms with Gasteiger partial charge >= 0.3 is 12.2 Å². The molecule has 0 aromatic heterocycles. The third kappa shape index (κ3) is 14.1. The van der Waals surface area contributed by atoms with Gasteiger partial charge in [0.25, 0.3) is 0 Å². The van der Waals surface area contributed by atoms with Crippen LogP contribution >= 0.6 is 0 Å². The molecule has 0 unspecified atom stereocenters. The van der Waals surface area contributed by atoms with Gasteiger partial charge < -0.3 is 19.5 Å². The van der Waals surface area contributed by atoms with Gasteiger partial charge in [-0.3, -0.25) is 5.32 Å². The summed E-state index contributed by atoms with van der Waals surface area (Å²) in [7, 11) is 0. The van der Waals surface area contributed by atoms with Crippen LogP contribution in [0.15, 0.2) is 42.1 Å². The van der Waals surface area contributed by atoms with Gasteiger partial charge in [0.15, 0.2) is 0 Å². The van der Waals surface area contributed by atoms with E-state index in [1.807, 2.05) is 0 Å². The first-order chi connectivity index (χ1) is 12.4. The normalized spacial score (nSPS) is 12.7. The highest BCUT2D eigenvalue weighted by molar-refractivity contribution is 5.98. The summed E-state index contributed by atoms with van der Waals surface area (Å²) in [5.41, 5.74) is -1.41. The summed E-state index contributed by atoms with van der Waals surface area (Å²) in [6.07, 6.45) is 3.17. The number of alkyl carbamates (subject to hydrolysis) is 1. The predicted octanol–water partition coefficient (Wildman–Crippen LogP) is 3.66. The first-order valence-electron chi connectivity index (χ1n) is 8.50. The van der Waals surface area contributed by atoms with Gasteiger partial charge in [-0.05, 0) is 53.7 Å². The quantitative estimate of drug-likeness (QED) is 0.239. The van der Waals surface area contributed by atoms with Crippen LogP contribution in [-0.2, 0) is 14.2 Å². The van der Waals surface area contributed by atoms with Gasteiger partial charge in [0.2, 0.25) is 5.96 Å². The maximum absolute atomic E-state index is 11.9. The first kappa shape index (κ1) is 24.2. The van der Waals surface area contributed by atoms with Gasteiger partial charge in [0, 0.05) is 0 Å². The molecule has 2 amide bonds. The van der Waals surface area contributed by atoms with Crippen molar-refractivity contribution < 1.29 is 23.8 Å². The minimum Gasteiger partial charge on any atom is -0.492 e. The molecule has 0 bridgehead atoms. The second kappa shape index (κ2) is 11.1. The Hall–Kier alpha value is -2.77. The Kier molecular flexibility index (Phi) is 9.92. The van der Waals surface area contributed by atoms with E-state index in [2.05, 4.69) is 28.8 Å². The number of hydrogen-bond donors (Lipinski definition) is 2. The number of aliphatic imine (C=N–C) groups is 1. The summed E-state index contributed by atoms with van der Waals surface area (Å²) in [4.78, 5) is 27.6. The van der Waals surface area contributed by atoms with Crippen molar-refractivity contribution in [1.82, 2.24) is 10.6 Å². The van der Waals surface area contributed by atoms with E-state index in [0.29, 0.717) is 5.76 Å². The molecule has 0 atom stereocenters. The zero-order valence-corrected chi connectivity index (χ0v) is 17.0. The maximum Gasteiger partial charge on any atom is 0.437 e. The van der Waals surface area contributed by atoms with Crippen LogP contribution in [0.3, 0.4) is 0 Å². The molecule has 0 aliphatic rings. The van der Waals surface area contributed by atoms with E-state index in [0.717, 1.165) is 0 Å². The van der Waals surface area contributed by atoms with Gasteiger partial charge in [-0.1, -0.05) is 19.2 Å². The Morgan fingerprint density at radius 1 is 1.04 bits per heavy atom. The SMILES string of the molecule is C=C/C=C(\C=C)OCCN/C(=N/C(=O)OC(C)(C)C)NC(=O)OC(C)(C)C. The molecule has 152 valence electrons. The highest BCUT2D eigenvalue weighted by atomic mass is 16.6. The highest BCUT2D eigenvalue weighted by Crippen LogP contribution is 2.08. The third-order valence-corrected chi connectivity index (χ3v) is 2.36. The number of nitrogens with one attached hydrogen (secondary N) is 2. The van der Waals surface area contributed by atoms with E-state index in [9.17, 15) is 9.59 Å². The molecule has 27 heavy (non-hydrogen) atoms. The summed E-state index contributed by atoms with van der Waals surface area (Å²) >= 11 is 0. The van der Waals surface area contributed by atoms with Crippen molar-refractivity contribution in [1.29, 1.82) is 0 Å². The van der Waals surface area contributed by atoms with Crippen molar-refractivity contribution in [2.45, 2.75) is 52.7 Å². The number of ether oxygens (including phenoxy) is 3. The lowest BCUT2D eigenvalue weighted by molar-refractivity contribution is 0.0560. The second-order valence-electron chi connectivity index (χ2n) is 7.35. The molecule has 0 saturated heterocycles. The standard InChI is InChI=1S/C19H31N3O5/c1-9-11-14(10-2)25-13-12-20-15(21-16(23)26-18(3,4)5)22-17(24)27-19(6,7)8/h9-11H,1-2,12-13H2,3-8H3,(H2,20,21,22,23,24)/b14-11+. The summed E-state index contributed by atoms with van der Waals surface area (Å²) in [6.45, 7) is 18.0. The number of hydrogen-bond acceptors (Lipinski definition) is 5. The third-order valence-electron chi connectivity index (χ3n) is 2.36. The number of amides is 2. The number of carbonyl (C=O) groups excluding carboxylic acids is 2. The van der Waals surface area contributed by atoms with Gasteiger partial charge in [-0.2, -0.15) is 0 Å². The van der Waals surface area contributed by atoms with E-state index in [1.165, 1.54) is 6.08 Å². The molecule has 2 N–H and O–H groups in total. The van der Waals surface area contributed by atoms with Gasteiger partial charge in [-0.15, -0.1) is 4.99 Å². The fourth-order valence-corrected chi connectivity index (χ4v) is 1.52. The highest BCUT2D eigenvalue weighted by Gasteiger charge is 2.20. The number of carbonyl (C=O) groups is 2. The van der Waals surface area contributed by atoms with Gasteiger partial charge in [0.05, 0.1) is 6.54 Å². The Morgan fingerprint density at radius 3 is 2.11 bits per heavy atom. The Bertz CT molecular complexity index is 595. The molecule has 8 heteroatoms. The first-order valence-corrected chi connectivity index (χ1v) is 8.50. The largest absolute Gasteiger partial charge is 0.492 e. The molecule has 0 radical (unpaired) electrons. The molecule has 8 nitrogen and oxygen atoms in total. The van der Waals surface area contributed by atoms with Crippen LogP contribution in [0.2, 0.25) is 0 Å². The summed E-state index contributed by atoms with van der Waals surface area (Å²) in [5, 5.41) is 5.19. The van der Waals surface area contributed by atoms with Crippen LogP contribution in [0.1, 0.15) is 41.5 Å². The lowest BCUT2D eigenvalue weighted by atomic mass is 10.2. The molecule has 0 aromatic carbocycles. The lowest BCUT2D eigenvalue weighted by Gasteiger charge is -2.21. The van der Waals surface area contributed by atoms with E-state index in [1.54, 1.807) is 53.7 Å². The van der Waals surface area contributed by atoms with Crippen molar-refractivity contribution >= 4 is 18.1 Å². The van der Waals surface area contributed by atoms with E-state index < -0.39 is 23.4 Å². The van der Waals surface area contributed by atoms with Crippen molar-refractivity contribution in [3.05, 3.63) is 37.1 Å². The number of rotatable bonds is 6. The zero-order valence-electron chi connectivity index (χ0n) is 17.0. The fourth-order valence-electron chi connectivity index (χ4n) is 1.52. The molecule has 0 saturated carbocycles. The van der Waals surface area contributed by atoms with Crippen LogP contribution in [-0.4, -0.2) is 42.5 Å². The van der Waals surface area contributed by atoms with Crippen LogP contribution in [0.4, 0.5) is 9.59 Å². The predicted molar refractivity (Wildman–Crippen MR) is 105 cm³/mol. The molecule has 0 spiro atoms. The van der Waals surface area contributed by atoms with Crippen molar-refractivity contribution in [2.24, 2.45) is 4.99 Å². The van der Waals surface area contributed by atoms with E-state index >= 15 is 0 Å². The average Bonchev–Trinajstić information content (AvgIpc) is 2.46. The van der Waals surface area contributed by atoms with Gasteiger partial charge in [0.1, 0.15) is 23.6 Å². The van der Waals surface area contributed by atoms with E-state index in [-0.39, 0.29) is 19.1 Å². The van der Waals surface area contributed by atoms with Crippen LogP contribution in [0.5, 0.6) is 0 Å². The lowest BCUT2D eigenvalue weighted by Crippen LogP contribution is -2.45. The van der Waals surface area contributed by atoms with Crippen LogP contribution < -0.4 is 10.6 Å². The average molecular weight is 381 g/mol. The van der Waals surface area contributed by atoms with Crippen molar-refractivity contribution in [3.8, 4) is 0 Å². The monoisotopic (exact) mass is 381 g/mol. The number of nitrogens with zero attached hydrogens (tertiary/aromatic N) is 1. The Balaban J connectivity index is 4.94. The molecule has 0 aliphatic heterocycles. The summed E-state index contributed by atoms with van der Waals surface area (Å²) < 4.78 is 15.7. The smallest absolute Gasteiger partial charge is 0.437 e. The molecule has 0 aliphatic carbocycles. The zero-order chi connectivity index (χ0) is 21.1. The fraction of sp³-hybridized carbons (Fsp3) is 0.526. The molecule has 0 heterocycles. The van der Waals surface area contributed by atoms with Crippen LogP contribution in [0.25, 0.3) is 0 Å². The topological polar surface area (TPSA) is 98.3 Å². The van der Waals surface area contributed by atoms with Crippen molar-refractivity contribution in [3.63, 3.8) is 0 Å². The molecule has 0 rings (SSSR count). The second-order valence-corrected chi connectivity index (χ2v) is 7.35. The summed E-state index contributed by atoms with van der Waals surface area (Å²) in [6, 6.07) is 0. The van der Waals surface area contributed by atoms with Crippen molar-refractivity contribution in [2.75, 3.05) is 13.2 Å².